The molecule has 1 aromatic carbocycles. The van der Waals surface area contributed by atoms with Crippen molar-refractivity contribution in [1.29, 1.82) is 0 Å². The molecule has 1 aromatic rings. The summed E-state index contributed by atoms with van der Waals surface area (Å²) in [7, 11) is 0. The summed E-state index contributed by atoms with van der Waals surface area (Å²) in [6.07, 6.45) is 5.39. The Morgan fingerprint density at radius 2 is 1.95 bits per heavy atom. The van der Waals surface area contributed by atoms with E-state index >= 15 is 0 Å². The fraction of sp³-hybridized carbons (Fsp3) is 0.700. The number of hydrogen-bond donors (Lipinski definition) is 1. The molecule has 0 spiro atoms. The van der Waals surface area contributed by atoms with E-state index in [-0.39, 0.29) is 0 Å². The van der Waals surface area contributed by atoms with E-state index in [0.29, 0.717) is 6.04 Å². The summed E-state index contributed by atoms with van der Waals surface area (Å²) in [5, 5.41) is 3.75. The lowest BCUT2D eigenvalue weighted by Crippen LogP contribution is -2.42. The summed E-state index contributed by atoms with van der Waals surface area (Å²) >= 11 is 0. The molecule has 21 heavy (non-hydrogen) atoms. The second-order valence-electron chi connectivity index (χ2n) is 7.38. The molecule has 1 nitrogen and oxygen atoms in total. The summed E-state index contributed by atoms with van der Waals surface area (Å²) in [5.41, 5.74) is 4.42. The van der Waals surface area contributed by atoms with Gasteiger partial charge in [-0.3, -0.25) is 0 Å². The molecule has 0 aromatic heterocycles. The van der Waals surface area contributed by atoms with Gasteiger partial charge in [-0.25, -0.2) is 0 Å². The molecule has 1 fully saturated rings. The largest absolute Gasteiger partial charge is 0.314 e. The molecule has 0 aliphatic heterocycles. The zero-order chi connectivity index (χ0) is 15.4. The second kappa shape index (κ2) is 7.45. The molecule has 3 unspecified atom stereocenters. The van der Waals surface area contributed by atoms with Crippen LogP contribution in [0.1, 0.15) is 56.7 Å². The number of nitrogens with one attached hydrogen (secondary N) is 1. The van der Waals surface area contributed by atoms with Gasteiger partial charge in [0.05, 0.1) is 0 Å². The molecule has 2 rings (SSSR count). The van der Waals surface area contributed by atoms with Crippen LogP contribution in [0.2, 0.25) is 0 Å². The first-order chi connectivity index (χ1) is 10.0. The molecular formula is C20H33N. The maximum atomic E-state index is 3.75. The fourth-order valence-corrected chi connectivity index (χ4v) is 3.96. The lowest BCUT2D eigenvalue weighted by atomic mass is 9.71. The first kappa shape index (κ1) is 16.5. The molecule has 1 saturated carbocycles. The van der Waals surface area contributed by atoms with E-state index in [9.17, 15) is 0 Å². The average Bonchev–Trinajstić information content (AvgIpc) is 2.44. The van der Waals surface area contributed by atoms with Gasteiger partial charge >= 0.3 is 0 Å². The Labute approximate surface area is 131 Å². The molecule has 1 aliphatic carbocycles. The number of benzene rings is 1. The minimum absolute atomic E-state index is 0.713. The first-order valence-electron chi connectivity index (χ1n) is 8.80. The second-order valence-corrected chi connectivity index (χ2v) is 7.38. The average molecular weight is 287 g/mol. The van der Waals surface area contributed by atoms with Gasteiger partial charge in [0.1, 0.15) is 0 Å². The smallest absolute Gasteiger partial charge is 0.00985 e. The van der Waals surface area contributed by atoms with Crippen molar-refractivity contribution in [3.05, 3.63) is 34.9 Å². The third-order valence-corrected chi connectivity index (χ3v) is 5.42. The van der Waals surface area contributed by atoms with Crippen LogP contribution in [0.15, 0.2) is 18.2 Å². The molecule has 0 saturated heterocycles. The van der Waals surface area contributed by atoms with Crippen molar-refractivity contribution >= 4 is 0 Å². The van der Waals surface area contributed by atoms with Gasteiger partial charge in [-0.15, -0.1) is 0 Å². The van der Waals surface area contributed by atoms with Crippen molar-refractivity contribution in [2.45, 2.75) is 66.3 Å². The van der Waals surface area contributed by atoms with Crippen molar-refractivity contribution in [3.63, 3.8) is 0 Å². The minimum Gasteiger partial charge on any atom is -0.314 e. The highest BCUT2D eigenvalue weighted by molar-refractivity contribution is 5.31. The zero-order valence-electron chi connectivity index (χ0n) is 14.6. The third-order valence-electron chi connectivity index (χ3n) is 5.42. The zero-order valence-corrected chi connectivity index (χ0v) is 14.6. The van der Waals surface area contributed by atoms with E-state index in [0.717, 1.165) is 24.3 Å². The standard InChI is InChI=1S/C20H33N/c1-6-21-20-10-9-17(14(2)3)12-19(20)13-18-11-15(4)7-8-16(18)5/h7-8,11,14,17,19-21H,6,9-10,12-13H2,1-5H3. The van der Waals surface area contributed by atoms with Crippen LogP contribution in [0.5, 0.6) is 0 Å². The summed E-state index contributed by atoms with van der Waals surface area (Å²) in [6.45, 7) is 12.6. The minimum atomic E-state index is 0.713. The van der Waals surface area contributed by atoms with Gasteiger partial charge < -0.3 is 5.32 Å². The Kier molecular flexibility index (Phi) is 5.87. The van der Waals surface area contributed by atoms with E-state index in [1.165, 1.54) is 36.8 Å². The predicted molar refractivity (Wildman–Crippen MR) is 92.8 cm³/mol. The fourth-order valence-electron chi connectivity index (χ4n) is 3.96. The van der Waals surface area contributed by atoms with Crippen LogP contribution in [0.25, 0.3) is 0 Å². The van der Waals surface area contributed by atoms with Gasteiger partial charge in [0.15, 0.2) is 0 Å². The SMILES string of the molecule is CCNC1CCC(C(C)C)CC1Cc1cc(C)ccc1C. The highest BCUT2D eigenvalue weighted by Crippen LogP contribution is 2.36. The molecule has 0 amide bonds. The highest BCUT2D eigenvalue weighted by atomic mass is 14.9. The first-order valence-corrected chi connectivity index (χ1v) is 8.80. The van der Waals surface area contributed by atoms with E-state index in [4.69, 9.17) is 0 Å². The number of rotatable bonds is 5. The maximum Gasteiger partial charge on any atom is 0.00985 e. The van der Waals surface area contributed by atoms with Gasteiger partial charge in [0.2, 0.25) is 0 Å². The molecule has 1 aliphatic rings. The molecule has 0 radical (unpaired) electrons. The van der Waals surface area contributed by atoms with Crippen molar-refractivity contribution in [1.82, 2.24) is 5.32 Å². The van der Waals surface area contributed by atoms with Gasteiger partial charge in [0, 0.05) is 6.04 Å². The third kappa shape index (κ3) is 4.32. The molecule has 0 bridgehead atoms. The maximum absolute atomic E-state index is 3.75. The van der Waals surface area contributed by atoms with E-state index < -0.39 is 0 Å². The monoisotopic (exact) mass is 287 g/mol. The highest BCUT2D eigenvalue weighted by Gasteiger charge is 2.31. The van der Waals surface area contributed by atoms with Crippen LogP contribution in [0.4, 0.5) is 0 Å². The molecule has 1 heteroatoms. The van der Waals surface area contributed by atoms with Crippen LogP contribution in [-0.4, -0.2) is 12.6 Å². The van der Waals surface area contributed by atoms with Crippen LogP contribution >= 0.6 is 0 Å². The normalized spacial score (nSPS) is 26.3. The van der Waals surface area contributed by atoms with E-state index in [2.05, 4.69) is 58.1 Å². The van der Waals surface area contributed by atoms with Crippen LogP contribution in [0.3, 0.4) is 0 Å². The van der Waals surface area contributed by atoms with Crippen LogP contribution in [-0.2, 0) is 6.42 Å². The van der Waals surface area contributed by atoms with Crippen LogP contribution < -0.4 is 5.32 Å². The number of hydrogen-bond acceptors (Lipinski definition) is 1. The Morgan fingerprint density at radius 3 is 2.62 bits per heavy atom. The van der Waals surface area contributed by atoms with Gasteiger partial charge in [-0.2, -0.15) is 0 Å². The Morgan fingerprint density at radius 1 is 1.19 bits per heavy atom. The van der Waals surface area contributed by atoms with E-state index in [1.54, 1.807) is 5.56 Å². The Bertz CT molecular complexity index is 449. The lowest BCUT2D eigenvalue weighted by molar-refractivity contribution is 0.169. The summed E-state index contributed by atoms with van der Waals surface area (Å²) in [6, 6.07) is 7.63. The van der Waals surface area contributed by atoms with Crippen molar-refractivity contribution < 1.29 is 0 Å². The summed E-state index contributed by atoms with van der Waals surface area (Å²) in [4.78, 5) is 0. The topological polar surface area (TPSA) is 12.0 Å². The van der Waals surface area contributed by atoms with Crippen molar-refractivity contribution in [2.75, 3.05) is 6.54 Å². The van der Waals surface area contributed by atoms with Gasteiger partial charge in [-0.05, 0) is 75.0 Å². The molecule has 0 heterocycles. The Balaban J connectivity index is 2.13. The molecule has 118 valence electrons. The summed E-state index contributed by atoms with van der Waals surface area (Å²) < 4.78 is 0. The molecule has 1 N–H and O–H groups in total. The van der Waals surface area contributed by atoms with Gasteiger partial charge in [0.25, 0.3) is 0 Å². The predicted octanol–water partition coefficient (Wildman–Crippen LogP) is 4.90. The molecule has 3 atom stereocenters. The quantitative estimate of drug-likeness (QED) is 0.812. The Hall–Kier alpha value is -0.820. The molecular weight excluding hydrogens is 254 g/mol. The van der Waals surface area contributed by atoms with Crippen molar-refractivity contribution in [3.8, 4) is 0 Å². The summed E-state index contributed by atoms with van der Waals surface area (Å²) in [5.74, 6) is 2.54. The van der Waals surface area contributed by atoms with Crippen molar-refractivity contribution in [2.24, 2.45) is 17.8 Å². The number of aryl methyl sites for hydroxylation is 2. The van der Waals surface area contributed by atoms with Gasteiger partial charge in [-0.1, -0.05) is 44.5 Å². The lowest BCUT2D eigenvalue weighted by Gasteiger charge is -2.38. The van der Waals surface area contributed by atoms with Crippen LogP contribution in [0, 0.1) is 31.6 Å². The van der Waals surface area contributed by atoms with E-state index in [1.807, 2.05) is 0 Å².